The standard InChI is InChI=1S/C24H25N3O4/c1-31-21-15-18(17-3-2-16-6-9-25-20(16)14-17)4-5-19(21)22(28)26-10-12-27(13-11-26)23(29)24(30)7-8-24/h2-6,9,14-15,25,30H,7-8,10-13H2,1H3. The van der Waals surface area contributed by atoms with Crippen LogP contribution in [0.1, 0.15) is 23.2 Å². The zero-order chi connectivity index (χ0) is 21.6. The number of benzene rings is 2. The maximum atomic E-state index is 13.1. The number of aromatic amines is 1. The number of hydrogen-bond acceptors (Lipinski definition) is 4. The number of nitrogens with one attached hydrogen (secondary N) is 1. The molecule has 0 bridgehead atoms. The number of ether oxygens (including phenoxy) is 1. The van der Waals surface area contributed by atoms with Crippen LogP contribution in [0.2, 0.25) is 0 Å². The van der Waals surface area contributed by atoms with Crippen molar-refractivity contribution in [2.24, 2.45) is 0 Å². The van der Waals surface area contributed by atoms with Crippen LogP contribution in [0.15, 0.2) is 48.7 Å². The lowest BCUT2D eigenvalue weighted by Crippen LogP contribution is -2.53. The van der Waals surface area contributed by atoms with E-state index < -0.39 is 5.60 Å². The lowest BCUT2D eigenvalue weighted by molar-refractivity contribution is -0.143. The van der Waals surface area contributed by atoms with Crippen LogP contribution < -0.4 is 4.74 Å². The van der Waals surface area contributed by atoms with E-state index in [2.05, 4.69) is 23.2 Å². The number of H-pyrrole nitrogens is 1. The van der Waals surface area contributed by atoms with Crippen molar-refractivity contribution in [3.05, 3.63) is 54.2 Å². The van der Waals surface area contributed by atoms with Gasteiger partial charge in [-0.25, -0.2) is 0 Å². The highest BCUT2D eigenvalue weighted by molar-refractivity contribution is 5.98. The number of carbonyl (C=O) groups is 2. The summed E-state index contributed by atoms with van der Waals surface area (Å²) in [7, 11) is 1.57. The van der Waals surface area contributed by atoms with Gasteiger partial charge >= 0.3 is 0 Å². The molecule has 2 aliphatic rings. The second-order valence-electron chi connectivity index (χ2n) is 8.31. The summed E-state index contributed by atoms with van der Waals surface area (Å²) in [6, 6.07) is 13.8. The van der Waals surface area contributed by atoms with Crippen molar-refractivity contribution in [1.82, 2.24) is 14.8 Å². The van der Waals surface area contributed by atoms with Crippen molar-refractivity contribution < 1.29 is 19.4 Å². The molecule has 2 N–H and O–H groups in total. The number of amides is 2. The summed E-state index contributed by atoms with van der Waals surface area (Å²) in [6.45, 7) is 1.75. The van der Waals surface area contributed by atoms with Crippen LogP contribution >= 0.6 is 0 Å². The monoisotopic (exact) mass is 419 g/mol. The van der Waals surface area contributed by atoms with Gasteiger partial charge in [-0.05, 0) is 53.6 Å². The highest BCUT2D eigenvalue weighted by atomic mass is 16.5. The normalized spacial score (nSPS) is 17.6. The molecule has 7 heteroatoms. The summed E-state index contributed by atoms with van der Waals surface area (Å²) < 4.78 is 5.55. The Labute approximate surface area is 180 Å². The molecule has 7 nitrogen and oxygen atoms in total. The van der Waals surface area contributed by atoms with Crippen LogP contribution in [0.25, 0.3) is 22.0 Å². The van der Waals surface area contributed by atoms with E-state index in [-0.39, 0.29) is 11.8 Å². The zero-order valence-corrected chi connectivity index (χ0v) is 17.4. The molecule has 0 atom stereocenters. The van der Waals surface area contributed by atoms with E-state index in [0.717, 1.165) is 22.0 Å². The van der Waals surface area contributed by atoms with Gasteiger partial charge < -0.3 is 24.6 Å². The minimum Gasteiger partial charge on any atom is -0.496 e. The fraction of sp³-hybridized carbons (Fsp3) is 0.333. The lowest BCUT2D eigenvalue weighted by Gasteiger charge is -2.36. The van der Waals surface area contributed by atoms with Gasteiger partial charge in [0.25, 0.3) is 11.8 Å². The molecule has 1 aliphatic carbocycles. The minimum atomic E-state index is -1.16. The Morgan fingerprint density at radius 3 is 2.35 bits per heavy atom. The lowest BCUT2D eigenvalue weighted by atomic mass is 10.0. The van der Waals surface area contributed by atoms with E-state index >= 15 is 0 Å². The van der Waals surface area contributed by atoms with Crippen LogP contribution in [0.5, 0.6) is 5.75 Å². The fourth-order valence-corrected chi connectivity index (χ4v) is 4.18. The van der Waals surface area contributed by atoms with Gasteiger partial charge in [0.05, 0.1) is 12.7 Å². The quantitative estimate of drug-likeness (QED) is 0.681. The summed E-state index contributed by atoms with van der Waals surface area (Å²) in [6.07, 6.45) is 2.98. The molecule has 0 radical (unpaired) electrons. The molecular weight excluding hydrogens is 394 g/mol. The van der Waals surface area contributed by atoms with E-state index in [1.54, 1.807) is 23.0 Å². The third-order valence-electron chi connectivity index (χ3n) is 6.30. The van der Waals surface area contributed by atoms with E-state index in [4.69, 9.17) is 4.74 Å². The molecule has 2 heterocycles. The van der Waals surface area contributed by atoms with Crippen LogP contribution in [-0.2, 0) is 4.79 Å². The molecule has 1 aromatic heterocycles. The molecule has 2 amide bonds. The van der Waals surface area contributed by atoms with E-state index in [9.17, 15) is 14.7 Å². The van der Waals surface area contributed by atoms with Gasteiger partial charge in [0.15, 0.2) is 0 Å². The van der Waals surface area contributed by atoms with Crippen molar-refractivity contribution in [2.45, 2.75) is 18.4 Å². The predicted octanol–water partition coefficient (Wildman–Crippen LogP) is 2.65. The van der Waals surface area contributed by atoms with Crippen molar-refractivity contribution in [3.8, 4) is 16.9 Å². The van der Waals surface area contributed by atoms with Gasteiger partial charge in [-0.3, -0.25) is 9.59 Å². The Kier molecular flexibility index (Phi) is 4.70. The van der Waals surface area contributed by atoms with Crippen molar-refractivity contribution >= 4 is 22.7 Å². The number of rotatable bonds is 4. The molecule has 3 aromatic rings. The van der Waals surface area contributed by atoms with Gasteiger partial charge in [-0.2, -0.15) is 0 Å². The zero-order valence-electron chi connectivity index (χ0n) is 17.4. The molecule has 1 saturated carbocycles. The smallest absolute Gasteiger partial charge is 0.257 e. The number of aromatic nitrogens is 1. The largest absolute Gasteiger partial charge is 0.496 e. The number of hydrogen-bond donors (Lipinski definition) is 2. The maximum Gasteiger partial charge on any atom is 0.257 e. The highest BCUT2D eigenvalue weighted by Crippen LogP contribution is 2.37. The first-order valence-electron chi connectivity index (χ1n) is 10.6. The number of piperazine rings is 1. The van der Waals surface area contributed by atoms with Crippen LogP contribution in [0.4, 0.5) is 0 Å². The first-order valence-corrected chi connectivity index (χ1v) is 10.6. The van der Waals surface area contributed by atoms with Gasteiger partial charge in [0.1, 0.15) is 11.4 Å². The van der Waals surface area contributed by atoms with Gasteiger partial charge in [-0.1, -0.05) is 18.2 Å². The van der Waals surface area contributed by atoms with Gasteiger partial charge in [0, 0.05) is 37.9 Å². The Morgan fingerprint density at radius 2 is 1.65 bits per heavy atom. The maximum absolute atomic E-state index is 13.1. The van der Waals surface area contributed by atoms with E-state index in [0.29, 0.717) is 50.3 Å². The molecule has 1 saturated heterocycles. The predicted molar refractivity (Wildman–Crippen MR) is 117 cm³/mol. The molecule has 2 aromatic carbocycles. The Bertz CT molecular complexity index is 1160. The topological polar surface area (TPSA) is 85.9 Å². The van der Waals surface area contributed by atoms with E-state index in [1.165, 1.54) is 0 Å². The number of methoxy groups -OCH3 is 1. The van der Waals surface area contributed by atoms with Gasteiger partial charge in [0.2, 0.25) is 0 Å². The first kappa shape index (κ1) is 19.6. The molecule has 0 spiro atoms. The molecule has 0 unspecified atom stereocenters. The summed E-state index contributed by atoms with van der Waals surface area (Å²) in [5.74, 6) is 0.209. The van der Waals surface area contributed by atoms with Crippen LogP contribution in [-0.4, -0.2) is 70.6 Å². The third-order valence-corrected chi connectivity index (χ3v) is 6.30. The second kappa shape index (κ2) is 7.42. The van der Waals surface area contributed by atoms with Crippen molar-refractivity contribution in [2.75, 3.05) is 33.3 Å². The molecule has 2 fully saturated rings. The first-order chi connectivity index (χ1) is 15.0. The summed E-state index contributed by atoms with van der Waals surface area (Å²) in [5, 5.41) is 11.2. The highest BCUT2D eigenvalue weighted by Gasteiger charge is 2.50. The SMILES string of the molecule is COc1cc(-c2ccc3cc[nH]c3c2)ccc1C(=O)N1CCN(C(=O)C2(O)CC2)CC1. The summed E-state index contributed by atoms with van der Waals surface area (Å²) in [5.41, 5.74) is 2.41. The average Bonchev–Trinajstić information content (AvgIpc) is 3.39. The number of nitrogens with zero attached hydrogens (tertiary/aromatic N) is 2. The fourth-order valence-electron chi connectivity index (χ4n) is 4.18. The molecule has 5 rings (SSSR count). The van der Waals surface area contributed by atoms with Crippen molar-refractivity contribution in [3.63, 3.8) is 0 Å². The summed E-state index contributed by atoms with van der Waals surface area (Å²) in [4.78, 5) is 32.1. The Morgan fingerprint density at radius 1 is 0.968 bits per heavy atom. The summed E-state index contributed by atoms with van der Waals surface area (Å²) >= 11 is 0. The molecule has 1 aliphatic heterocycles. The Hall–Kier alpha value is -3.32. The average molecular weight is 419 g/mol. The third kappa shape index (κ3) is 3.55. The van der Waals surface area contributed by atoms with E-state index in [1.807, 2.05) is 24.4 Å². The molecular formula is C24H25N3O4. The number of carbonyl (C=O) groups excluding carboxylic acids is 2. The second-order valence-corrected chi connectivity index (χ2v) is 8.31. The molecule has 160 valence electrons. The molecule has 31 heavy (non-hydrogen) atoms. The number of aliphatic hydroxyl groups is 1. The van der Waals surface area contributed by atoms with Gasteiger partial charge in [-0.15, -0.1) is 0 Å². The van der Waals surface area contributed by atoms with Crippen LogP contribution in [0.3, 0.4) is 0 Å². The minimum absolute atomic E-state index is 0.111. The van der Waals surface area contributed by atoms with Crippen LogP contribution in [0, 0.1) is 0 Å². The van der Waals surface area contributed by atoms with Crippen molar-refractivity contribution in [1.29, 1.82) is 0 Å². The Balaban J connectivity index is 1.33. The number of fused-ring (bicyclic) bond motifs is 1.